The van der Waals surface area contributed by atoms with Crippen LogP contribution in [0.15, 0.2) is 18.3 Å². The molecule has 5 nitrogen and oxygen atoms in total. The van der Waals surface area contributed by atoms with Crippen molar-refractivity contribution in [3.05, 3.63) is 29.6 Å². The van der Waals surface area contributed by atoms with Gasteiger partial charge >= 0.3 is 30.8 Å². The number of nitrogens with zero attached hydrogens (tertiary/aromatic N) is 1. The molecule has 0 radical (unpaired) electrons. The normalized spacial score (nSPS) is 8.62. The molecule has 0 aliphatic rings. The Balaban J connectivity index is 0. The summed E-state index contributed by atoms with van der Waals surface area (Å²) in [4.78, 5) is 24.0. The molecule has 1 heterocycles. The second kappa shape index (κ2) is 4.65. The van der Waals surface area contributed by atoms with E-state index >= 15 is 0 Å². The summed E-state index contributed by atoms with van der Waals surface area (Å²) in [6, 6.07) is 2.34. The van der Waals surface area contributed by atoms with Crippen LogP contribution in [0.1, 0.15) is 22.3 Å². The van der Waals surface area contributed by atoms with E-state index in [1.54, 1.807) is 0 Å². The van der Waals surface area contributed by atoms with E-state index in [4.69, 9.17) is 10.2 Å². The van der Waals surface area contributed by atoms with Crippen LogP contribution >= 0.6 is 0 Å². The number of aromatic nitrogens is 1. The summed E-state index contributed by atoms with van der Waals surface area (Å²) in [6.07, 6.45) is 1.01. The zero-order chi connectivity index (χ0) is 9.14. The van der Waals surface area contributed by atoms with Crippen molar-refractivity contribution < 1.29 is 40.1 Å². The molecule has 64 valence electrons. The molecule has 1 rings (SSSR count). The van der Waals surface area contributed by atoms with Gasteiger partial charge in [-0.1, -0.05) is 0 Å². The van der Waals surface area contributed by atoms with E-state index in [2.05, 4.69) is 4.98 Å². The van der Waals surface area contributed by atoms with Crippen LogP contribution in [0.4, 0.5) is 0 Å². The first-order chi connectivity index (χ1) is 5.61. The molecule has 0 aromatic carbocycles. The minimum Gasteiger partial charge on any atom is -1.00 e. The van der Waals surface area contributed by atoms with E-state index < -0.39 is 11.9 Å². The second-order valence-corrected chi connectivity index (χ2v) is 2.04. The third kappa shape index (κ3) is 2.90. The molecule has 2 N–H and O–H groups in total. The van der Waals surface area contributed by atoms with Crippen molar-refractivity contribution in [1.29, 1.82) is 0 Å². The number of hydrogen-bond acceptors (Lipinski definition) is 3. The van der Waals surface area contributed by atoms with Gasteiger partial charge in [-0.2, -0.15) is 0 Å². The van der Waals surface area contributed by atoms with Crippen LogP contribution in [0.3, 0.4) is 0 Å². The van der Waals surface area contributed by atoms with Gasteiger partial charge in [-0.15, -0.1) is 0 Å². The number of hydrogen-bond donors (Lipinski definition) is 2. The Bertz CT molecular complexity index is 294. The number of rotatable bonds is 2. The fourth-order valence-electron chi connectivity index (χ4n) is 0.647. The van der Waals surface area contributed by atoms with Crippen LogP contribution in [0.25, 0.3) is 0 Å². The molecule has 0 unspecified atom stereocenters. The fraction of sp³-hybridized carbons (Fsp3) is 0. The molecule has 0 aliphatic heterocycles. The van der Waals surface area contributed by atoms with E-state index in [9.17, 15) is 9.59 Å². The summed E-state index contributed by atoms with van der Waals surface area (Å²) in [5, 5.41) is 16.8. The van der Waals surface area contributed by atoms with Gasteiger partial charge in [-0.05, 0) is 12.1 Å². The summed E-state index contributed by atoms with van der Waals surface area (Å²) in [7, 11) is 0. The Morgan fingerprint density at radius 3 is 2.15 bits per heavy atom. The molecule has 0 fully saturated rings. The quantitative estimate of drug-likeness (QED) is 0.489. The molecule has 0 spiro atoms. The molecule has 1 aromatic rings. The van der Waals surface area contributed by atoms with Crippen molar-refractivity contribution in [2.24, 2.45) is 0 Å². The number of carboxylic acid groups (broad SMARTS) is 2. The summed E-state index contributed by atoms with van der Waals surface area (Å²) in [5.74, 6) is -2.30. The first-order valence-electron chi connectivity index (χ1n) is 3.04. The Labute approximate surface area is 87.1 Å². The summed E-state index contributed by atoms with van der Waals surface area (Å²) in [6.45, 7) is 0. The number of pyridine rings is 1. The molecular formula is C7H6LiNO4. The molecule has 0 amide bonds. The Morgan fingerprint density at radius 2 is 1.85 bits per heavy atom. The van der Waals surface area contributed by atoms with Crippen LogP contribution < -0.4 is 18.9 Å². The van der Waals surface area contributed by atoms with Crippen molar-refractivity contribution in [3.8, 4) is 0 Å². The monoisotopic (exact) mass is 175 g/mol. The van der Waals surface area contributed by atoms with E-state index in [1.807, 2.05) is 0 Å². The first-order valence-corrected chi connectivity index (χ1v) is 3.04. The van der Waals surface area contributed by atoms with Crippen LogP contribution in [-0.4, -0.2) is 27.1 Å². The van der Waals surface area contributed by atoms with Crippen molar-refractivity contribution in [3.63, 3.8) is 0 Å². The van der Waals surface area contributed by atoms with Gasteiger partial charge in [0.15, 0.2) is 0 Å². The van der Waals surface area contributed by atoms with Crippen molar-refractivity contribution in [1.82, 2.24) is 4.98 Å². The van der Waals surface area contributed by atoms with Crippen LogP contribution in [0.5, 0.6) is 0 Å². The van der Waals surface area contributed by atoms with Gasteiger partial charge in [0, 0.05) is 6.20 Å². The molecule has 1 aromatic heterocycles. The Hall–Kier alpha value is -1.31. The van der Waals surface area contributed by atoms with Gasteiger partial charge in [0.25, 0.3) is 0 Å². The molecule has 0 saturated carbocycles. The summed E-state index contributed by atoms with van der Waals surface area (Å²) < 4.78 is 0. The topological polar surface area (TPSA) is 87.5 Å². The van der Waals surface area contributed by atoms with Crippen molar-refractivity contribution in [2.75, 3.05) is 0 Å². The van der Waals surface area contributed by atoms with E-state index in [0.717, 1.165) is 12.3 Å². The maximum absolute atomic E-state index is 10.3. The Morgan fingerprint density at radius 1 is 1.23 bits per heavy atom. The zero-order valence-corrected chi connectivity index (χ0v) is 6.89. The molecule has 6 heteroatoms. The van der Waals surface area contributed by atoms with E-state index in [1.165, 1.54) is 6.07 Å². The molecule has 0 atom stereocenters. The minimum absolute atomic E-state index is 0. The molecular weight excluding hydrogens is 169 g/mol. The first kappa shape index (κ1) is 11.7. The zero-order valence-electron chi connectivity index (χ0n) is 7.89. The molecule has 0 aliphatic carbocycles. The molecule has 0 saturated heterocycles. The maximum Gasteiger partial charge on any atom is 1.00 e. The Kier molecular flexibility index (Phi) is 4.18. The number of aromatic carboxylic acids is 2. The fourth-order valence-corrected chi connectivity index (χ4v) is 0.647. The van der Waals surface area contributed by atoms with Crippen LogP contribution in [-0.2, 0) is 0 Å². The maximum atomic E-state index is 10.3. The van der Waals surface area contributed by atoms with Gasteiger partial charge in [-0.3, -0.25) is 0 Å². The third-order valence-corrected chi connectivity index (χ3v) is 1.23. The van der Waals surface area contributed by atoms with Gasteiger partial charge in [0.05, 0.1) is 5.56 Å². The average molecular weight is 175 g/mol. The molecule has 13 heavy (non-hydrogen) atoms. The smallest absolute Gasteiger partial charge is 1.00 e. The molecule has 0 bridgehead atoms. The van der Waals surface area contributed by atoms with Crippen LogP contribution in [0, 0.1) is 0 Å². The van der Waals surface area contributed by atoms with Crippen LogP contribution in [0.2, 0.25) is 0 Å². The van der Waals surface area contributed by atoms with Gasteiger partial charge < -0.3 is 11.6 Å². The minimum atomic E-state index is -1.17. The van der Waals surface area contributed by atoms with E-state index in [-0.39, 0.29) is 31.5 Å². The standard InChI is InChI=1S/C7H5NO4.Li.H/c9-6(10)4-1-2-5(7(11)12)8-3-4;;/h1-3H,(H,9,10)(H,11,12);;/q;+1;-1. The SMILES string of the molecule is O=C(O)c1ccc(C(=O)O)nc1.[H-].[Li+]. The average Bonchev–Trinajstić information content (AvgIpc) is 2.04. The predicted molar refractivity (Wildman–Crippen MR) is 39.3 cm³/mol. The van der Waals surface area contributed by atoms with Gasteiger partial charge in [0.1, 0.15) is 5.69 Å². The van der Waals surface area contributed by atoms with Gasteiger partial charge in [0.2, 0.25) is 0 Å². The third-order valence-electron chi connectivity index (χ3n) is 1.23. The summed E-state index contributed by atoms with van der Waals surface area (Å²) >= 11 is 0. The van der Waals surface area contributed by atoms with Crippen molar-refractivity contribution >= 4 is 11.9 Å². The second-order valence-electron chi connectivity index (χ2n) is 2.04. The van der Waals surface area contributed by atoms with Crippen molar-refractivity contribution in [2.45, 2.75) is 0 Å². The predicted octanol–water partition coefficient (Wildman–Crippen LogP) is -2.41. The van der Waals surface area contributed by atoms with E-state index in [0.29, 0.717) is 0 Å². The number of carboxylic acids is 2. The van der Waals surface area contributed by atoms with Gasteiger partial charge in [-0.25, -0.2) is 14.6 Å². The number of carbonyl (C=O) groups is 2. The largest absolute Gasteiger partial charge is 1.00 e. The summed E-state index contributed by atoms with van der Waals surface area (Å²) in [5.41, 5.74) is -0.194.